The van der Waals surface area contributed by atoms with Gasteiger partial charge in [-0.15, -0.1) is 12.4 Å². The van der Waals surface area contributed by atoms with Gasteiger partial charge in [-0.2, -0.15) is 0 Å². The van der Waals surface area contributed by atoms with E-state index in [2.05, 4.69) is 5.32 Å². The van der Waals surface area contributed by atoms with Crippen LogP contribution < -0.4 is 15.8 Å². The first-order chi connectivity index (χ1) is 7.17. The predicted molar refractivity (Wildman–Crippen MR) is 66.2 cm³/mol. The van der Waals surface area contributed by atoms with Crippen LogP contribution in [0.25, 0.3) is 0 Å². The van der Waals surface area contributed by atoms with Crippen LogP contribution in [-0.2, 0) is 0 Å². The van der Waals surface area contributed by atoms with Gasteiger partial charge in [-0.3, -0.25) is 4.79 Å². The fourth-order valence-corrected chi connectivity index (χ4v) is 1.11. The smallest absolute Gasteiger partial charge is 0.251 e. The average molecular weight is 245 g/mol. The summed E-state index contributed by atoms with van der Waals surface area (Å²) in [6.45, 7) is 2.29. The summed E-state index contributed by atoms with van der Waals surface area (Å²) >= 11 is 0. The highest BCUT2D eigenvalue weighted by Gasteiger charge is 2.07. The van der Waals surface area contributed by atoms with E-state index in [0.717, 1.165) is 5.75 Å². The molecule has 5 heteroatoms. The zero-order valence-electron chi connectivity index (χ0n) is 9.40. The van der Waals surface area contributed by atoms with Gasteiger partial charge in [-0.1, -0.05) is 0 Å². The number of nitrogens with two attached hydrogens (primary N) is 1. The summed E-state index contributed by atoms with van der Waals surface area (Å²) in [5.41, 5.74) is 6.02. The number of methoxy groups -OCH3 is 1. The number of rotatable bonds is 4. The Bertz CT molecular complexity index is 327. The molecule has 1 aromatic carbocycles. The summed E-state index contributed by atoms with van der Waals surface area (Å²) in [5.74, 6) is 0.619. The highest BCUT2D eigenvalue weighted by Crippen LogP contribution is 2.11. The third-order valence-corrected chi connectivity index (χ3v) is 2.08. The molecule has 1 rings (SSSR count). The monoisotopic (exact) mass is 244 g/mol. The normalized spacial score (nSPS) is 11.2. The Labute approximate surface area is 102 Å². The van der Waals surface area contributed by atoms with E-state index >= 15 is 0 Å². The molecule has 0 aromatic heterocycles. The van der Waals surface area contributed by atoms with Crippen molar-refractivity contribution in [2.75, 3.05) is 13.7 Å². The largest absolute Gasteiger partial charge is 0.497 e. The molecule has 0 aliphatic carbocycles. The molecule has 90 valence electrons. The molecule has 3 N–H and O–H groups in total. The number of carbonyl (C=O) groups is 1. The van der Waals surface area contributed by atoms with E-state index in [-0.39, 0.29) is 24.4 Å². The fraction of sp³-hybridized carbons (Fsp3) is 0.364. The topological polar surface area (TPSA) is 64.3 Å². The lowest BCUT2D eigenvalue weighted by Crippen LogP contribution is -2.37. The van der Waals surface area contributed by atoms with Gasteiger partial charge in [0, 0.05) is 18.2 Å². The Kier molecular flexibility index (Phi) is 6.53. The lowest BCUT2D eigenvalue weighted by atomic mass is 10.2. The molecule has 0 saturated carbocycles. The van der Waals surface area contributed by atoms with Crippen molar-refractivity contribution < 1.29 is 9.53 Å². The second kappa shape index (κ2) is 7.09. The van der Waals surface area contributed by atoms with E-state index in [1.807, 2.05) is 6.92 Å². The molecule has 0 saturated heterocycles. The first-order valence-corrected chi connectivity index (χ1v) is 4.82. The predicted octanol–water partition coefficient (Wildman–Crippen LogP) is 1.19. The van der Waals surface area contributed by atoms with Gasteiger partial charge in [0.2, 0.25) is 0 Å². The van der Waals surface area contributed by atoms with E-state index in [0.29, 0.717) is 12.1 Å². The summed E-state index contributed by atoms with van der Waals surface area (Å²) in [6.07, 6.45) is 0. The molecule has 16 heavy (non-hydrogen) atoms. The second-order valence-electron chi connectivity index (χ2n) is 3.34. The van der Waals surface area contributed by atoms with Crippen molar-refractivity contribution in [2.24, 2.45) is 5.73 Å². The van der Waals surface area contributed by atoms with Gasteiger partial charge >= 0.3 is 0 Å². The maximum Gasteiger partial charge on any atom is 0.251 e. The molecule has 1 atom stereocenters. The van der Waals surface area contributed by atoms with Crippen molar-refractivity contribution in [1.82, 2.24) is 5.32 Å². The van der Waals surface area contributed by atoms with Gasteiger partial charge < -0.3 is 15.8 Å². The van der Waals surface area contributed by atoms with Crippen molar-refractivity contribution in [3.05, 3.63) is 29.8 Å². The van der Waals surface area contributed by atoms with Crippen molar-refractivity contribution in [3.63, 3.8) is 0 Å². The van der Waals surface area contributed by atoms with Gasteiger partial charge in [0.15, 0.2) is 0 Å². The van der Waals surface area contributed by atoms with Crippen molar-refractivity contribution in [3.8, 4) is 5.75 Å². The van der Waals surface area contributed by atoms with Crippen LogP contribution in [0, 0.1) is 0 Å². The Balaban J connectivity index is 0.00000225. The number of benzene rings is 1. The number of hydrogen-bond donors (Lipinski definition) is 2. The molecule has 0 bridgehead atoms. The molecule has 0 radical (unpaired) electrons. The SMILES string of the molecule is COc1ccc(C(=O)N[C@@H](C)CN)cc1.Cl. The Hall–Kier alpha value is -1.26. The molecule has 0 aliphatic heterocycles. The van der Waals surface area contributed by atoms with Gasteiger partial charge in [0.05, 0.1) is 7.11 Å². The first kappa shape index (κ1) is 14.7. The number of nitrogens with one attached hydrogen (secondary N) is 1. The van der Waals surface area contributed by atoms with E-state index in [1.165, 1.54) is 0 Å². The maximum atomic E-state index is 11.6. The Morgan fingerprint density at radius 3 is 2.44 bits per heavy atom. The number of ether oxygens (including phenoxy) is 1. The third-order valence-electron chi connectivity index (χ3n) is 2.08. The lowest BCUT2D eigenvalue weighted by Gasteiger charge is -2.11. The van der Waals surface area contributed by atoms with Crippen LogP contribution in [0.1, 0.15) is 17.3 Å². The minimum absolute atomic E-state index is 0. The average Bonchev–Trinajstić information content (AvgIpc) is 2.29. The highest BCUT2D eigenvalue weighted by atomic mass is 35.5. The van der Waals surface area contributed by atoms with Crippen molar-refractivity contribution in [1.29, 1.82) is 0 Å². The van der Waals surface area contributed by atoms with Crippen molar-refractivity contribution in [2.45, 2.75) is 13.0 Å². The van der Waals surface area contributed by atoms with Crippen LogP contribution in [0.5, 0.6) is 5.75 Å². The number of amides is 1. The van der Waals surface area contributed by atoms with Gasteiger partial charge in [0.25, 0.3) is 5.91 Å². The number of halogens is 1. The quantitative estimate of drug-likeness (QED) is 0.837. The summed E-state index contributed by atoms with van der Waals surface area (Å²) in [7, 11) is 1.59. The van der Waals surface area contributed by atoms with Crippen LogP contribution in [0.4, 0.5) is 0 Å². The maximum absolute atomic E-state index is 11.6. The fourth-order valence-electron chi connectivity index (χ4n) is 1.11. The van der Waals surface area contributed by atoms with E-state index < -0.39 is 0 Å². The zero-order valence-corrected chi connectivity index (χ0v) is 10.2. The molecule has 0 aliphatic rings. The Morgan fingerprint density at radius 1 is 1.44 bits per heavy atom. The van der Waals surface area contributed by atoms with Crippen molar-refractivity contribution >= 4 is 18.3 Å². The molecule has 0 spiro atoms. The summed E-state index contributed by atoms with van der Waals surface area (Å²) in [5, 5.41) is 2.78. The van der Waals surface area contributed by atoms with Gasteiger partial charge in [0.1, 0.15) is 5.75 Å². The minimum atomic E-state index is -0.115. The third kappa shape index (κ3) is 4.08. The Morgan fingerprint density at radius 2 is 2.00 bits per heavy atom. The molecule has 1 aromatic rings. The van der Waals surface area contributed by atoms with Crippen LogP contribution >= 0.6 is 12.4 Å². The number of carbonyl (C=O) groups excluding carboxylic acids is 1. The molecule has 0 unspecified atom stereocenters. The summed E-state index contributed by atoms with van der Waals surface area (Å²) in [6, 6.07) is 6.93. The van der Waals surface area contributed by atoms with Crippen LogP contribution in [0.3, 0.4) is 0 Å². The standard InChI is InChI=1S/C11H16N2O2.ClH/c1-8(7-12)13-11(14)9-3-5-10(15-2)6-4-9;/h3-6,8H,7,12H2,1-2H3,(H,13,14);1H/t8-;/m0./s1. The van der Waals surface area contributed by atoms with Gasteiger partial charge in [-0.05, 0) is 31.2 Å². The molecule has 1 amide bonds. The van der Waals surface area contributed by atoms with E-state index in [1.54, 1.807) is 31.4 Å². The zero-order chi connectivity index (χ0) is 11.3. The molecule has 0 heterocycles. The second-order valence-corrected chi connectivity index (χ2v) is 3.34. The molecule has 4 nitrogen and oxygen atoms in total. The van der Waals surface area contributed by atoms with Crippen LogP contribution in [-0.4, -0.2) is 25.6 Å². The summed E-state index contributed by atoms with van der Waals surface area (Å²) in [4.78, 5) is 11.6. The van der Waals surface area contributed by atoms with Gasteiger partial charge in [-0.25, -0.2) is 0 Å². The van der Waals surface area contributed by atoms with E-state index in [4.69, 9.17) is 10.5 Å². The highest BCUT2D eigenvalue weighted by molar-refractivity contribution is 5.94. The van der Waals surface area contributed by atoms with E-state index in [9.17, 15) is 4.79 Å². The molecule has 0 fully saturated rings. The molecular weight excluding hydrogens is 228 g/mol. The van der Waals surface area contributed by atoms with Crippen LogP contribution in [0.15, 0.2) is 24.3 Å². The minimum Gasteiger partial charge on any atom is -0.497 e. The molecular formula is C11H17ClN2O2. The lowest BCUT2D eigenvalue weighted by molar-refractivity contribution is 0.0941. The van der Waals surface area contributed by atoms with Crippen LogP contribution in [0.2, 0.25) is 0 Å². The number of hydrogen-bond acceptors (Lipinski definition) is 3. The summed E-state index contributed by atoms with van der Waals surface area (Å²) < 4.78 is 5.00. The first-order valence-electron chi connectivity index (χ1n) is 4.82.